The molecule has 3 N–H and O–H groups in total. The molecule has 12 heteroatoms. The fourth-order valence-electron chi connectivity index (χ4n) is 3.03. The third kappa shape index (κ3) is 4.26. The maximum absolute atomic E-state index is 12.5. The number of piperazine rings is 1. The summed E-state index contributed by atoms with van der Waals surface area (Å²) in [6, 6.07) is 5.49. The summed E-state index contributed by atoms with van der Waals surface area (Å²) in [5.41, 5.74) is 8.69. The first-order chi connectivity index (χ1) is 14.0. The fourth-order valence-corrected chi connectivity index (χ4v) is 3.69. The zero-order valence-corrected chi connectivity index (χ0v) is 15.9. The van der Waals surface area contributed by atoms with Crippen molar-refractivity contribution < 1.29 is 18.3 Å². The van der Waals surface area contributed by atoms with Gasteiger partial charge in [-0.15, -0.1) is 11.3 Å². The average Bonchev–Trinajstić information content (AvgIpc) is 3.17. The van der Waals surface area contributed by atoms with Gasteiger partial charge in [-0.25, -0.2) is 14.8 Å². The van der Waals surface area contributed by atoms with Crippen molar-refractivity contribution in [3.63, 3.8) is 0 Å². The van der Waals surface area contributed by atoms with Gasteiger partial charge in [-0.05, 0) is 24.3 Å². The molecule has 1 aliphatic rings. The van der Waals surface area contributed by atoms with E-state index in [9.17, 15) is 13.6 Å². The lowest BCUT2D eigenvalue weighted by Gasteiger charge is -2.35. The van der Waals surface area contributed by atoms with Crippen LogP contribution >= 0.6 is 11.3 Å². The number of amides is 2. The molecular formula is C17H17F2N7O2S. The molecule has 3 aromatic rings. The third-order valence-electron chi connectivity index (χ3n) is 4.39. The second-order valence-corrected chi connectivity index (χ2v) is 7.05. The van der Waals surface area contributed by atoms with E-state index in [-0.39, 0.29) is 17.7 Å². The van der Waals surface area contributed by atoms with E-state index in [1.165, 1.54) is 35.6 Å². The maximum Gasteiger partial charge on any atom is 0.387 e. The van der Waals surface area contributed by atoms with E-state index in [4.69, 9.17) is 5.73 Å². The second kappa shape index (κ2) is 7.99. The maximum atomic E-state index is 12.5. The summed E-state index contributed by atoms with van der Waals surface area (Å²) < 4.78 is 28.7. The summed E-state index contributed by atoms with van der Waals surface area (Å²) >= 11 is 1.40. The van der Waals surface area contributed by atoms with E-state index in [0.29, 0.717) is 43.2 Å². The highest BCUT2D eigenvalue weighted by Crippen LogP contribution is 2.27. The molecule has 29 heavy (non-hydrogen) atoms. The lowest BCUT2D eigenvalue weighted by molar-refractivity contribution is -0.0498. The summed E-state index contributed by atoms with van der Waals surface area (Å²) in [6.07, 6.45) is 0. The molecule has 9 nitrogen and oxygen atoms in total. The molecule has 0 bridgehead atoms. The number of hydrogen-bond acceptors (Lipinski definition) is 8. The second-order valence-electron chi connectivity index (χ2n) is 6.22. The van der Waals surface area contributed by atoms with E-state index >= 15 is 0 Å². The van der Waals surface area contributed by atoms with Crippen molar-refractivity contribution in [1.29, 1.82) is 0 Å². The topological polar surface area (TPSA) is 110 Å². The Labute approximate surface area is 168 Å². The van der Waals surface area contributed by atoms with Crippen LogP contribution in [0.3, 0.4) is 0 Å². The molecule has 152 valence electrons. The first-order valence-corrected chi connectivity index (χ1v) is 9.60. The Morgan fingerprint density at radius 3 is 2.59 bits per heavy atom. The number of benzene rings is 1. The Balaban J connectivity index is 1.36. The molecule has 2 amide bonds. The lowest BCUT2D eigenvalue weighted by atomic mass is 10.3. The smallest absolute Gasteiger partial charge is 0.387 e. The van der Waals surface area contributed by atoms with E-state index in [1.807, 2.05) is 4.90 Å². The van der Waals surface area contributed by atoms with Crippen LogP contribution in [0.5, 0.6) is 5.75 Å². The van der Waals surface area contributed by atoms with Crippen LogP contribution in [0.1, 0.15) is 0 Å². The van der Waals surface area contributed by atoms with E-state index in [2.05, 4.69) is 25.0 Å². The van der Waals surface area contributed by atoms with Gasteiger partial charge in [-0.2, -0.15) is 13.8 Å². The number of thiazole rings is 1. The molecule has 4 rings (SSSR count). The quantitative estimate of drug-likeness (QED) is 0.666. The third-order valence-corrected chi connectivity index (χ3v) is 5.11. The van der Waals surface area contributed by atoms with Gasteiger partial charge in [0.05, 0.1) is 5.51 Å². The number of fused-ring (bicyclic) bond motifs is 1. The molecule has 1 aliphatic heterocycles. The van der Waals surface area contributed by atoms with Crippen LogP contribution in [0, 0.1) is 0 Å². The summed E-state index contributed by atoms with van der Waals surface area (Å²) in [7, 11) is 0. The summed E-state index contributed by atoms with van der Waals surface area (Å²) in [5.74, 6) is 0.892. The van der Waals surface area contributed by atoms with E-state index in [0.717, 1.165) is 4.83 Å². The van der Waals surface area contributed by atoms with Crippen molar-refractivity contribution >= 4 is 45.2 Å². The zero-order valence-electron chi connectivity index (χ0n) is 15.1. The number of aromatic nitrogens is 3. The van der Waals surface area contributed by atoms with Crippen LogP contribution < -0.4 is 20.7 Å². The predicted molar refractivity (Wildman–Crippen MR) is 106 cm³/mol. The fraction of sp³-hybridized carbons (Fsp3) is 0.294. The van der Waals surface area contributed by atoms with Crippen LogP contribution in [0.2, 0.25) is 0 Å². The van der Waals surface area contributed by atoms with Crippen LogP contribution in [0.4, 0.5) is 31.0 Å². The van der Waals surface area contributed by atoms with Crippen molar-refractivity contribution in [3.05, 3.63) is 29.8 Å². The molecule has 0 radical (unpaired) electrons. The molecule has 0 saturated carbocycles. The van der Waals surface area contributed by atoms with Crippen LogP contribution in [-0.4, -0.2) is 58.7 Å². The van der Waals surface area contributed by atoms with Crippen molar-refractivity contribution in [3.8, 4) is 5.75 Å². The van der Waals surface area contributed by atoms with Gasteiger partial charge in [0.25, 0.3) is 0 Å². The summed E-state index contributed by atoms with van der Waals surface area (Å²) in [6.45, 7) is -0.792. The molecular weight excluding hydrogens is 404 g/mol. The number of urea groups is 1. The van der Waals surface area contributed by atoms with Gasteiger partial charge in [0.2, 0.25) is 5.95 Å². The van der Waals surface area contributed by atoms with E-state index in [1.54, 1.807) is 10.4 Å². The van der Waals surface area contributed by atoms with Gasteiger partial charge in [0, 0.05) is 31.9 Å². The first-order valence-electron chi connectivity index (χ1n) is 8.72. The highest BCUT2D eigenvalue weighted by molar-refractivity contribution is 7.16. The number of carbonyl (C=O) groups excluding carboxylic acids is 1. The lowest BCUT2D eigenvalue weighted by Crippen LogP contribution is -2.50. The first kappa shape index (κ1) is 19.1. The molecule has 3 heterocycles. The largest absolute Gasteiger partial charge is 0.435 e. The minimum Gasteiger partial charge on any atom is -0.435 e. The molecule has 0 aliphatic carbocycles. The number of nitrogen functional groups attached to an aromatic ring is 1. The molecule has 2 aromatic heterocycles. The predicted octanol–water partition coefficient (Wildman–Crippen LogP) is 2.62. The Hall–Kier alpha value is -3.28. The Kier molecular flexibility index (Phi) is 5.25. The number of alkyl halides is 2. The molecule has 0 atom stereocenters. The van der Waals surface area contributed by atoms with E-state index < -0.39 is 6.61 Å². The molecule has 1 aromatic carbocycles. The monoisotopic (exact) mass is 421 g/mol. The summed E-state index contributed by atoms with van der Waals surface area (Å²) in [4.78, 5) is 29.7. The van der Waals surface area contributed by atoms with Gasteiger partial charge in [-0.1, -0.05) is 0 Å². The van der Waals surface area contributed by atoms with Crippen molar-refractivity contribution in [1.82, 2.24) is 19.9 Å². The number of anilines is 3. The number of carbonyl (C=O) groups is 1. The minimum atomic E-state index is -2.89. The summed E-state index contributed by atoms with van der Waals surface area (Å²) in [5, 5.41) is 2.75. The number of nitrogens with two attached hydrogens (primary N) is 1. The van der Waals surface area contributed by atoms with Crippen LogP contribution in [-0.2, 0) is 0 Å². The highest BCUT2D eigenvalue weighted by Gasteiger charge is 2.24. The molecule has 1 saturated heterocycles. The van der Waals surface area contributed by atoms with Gasteiger partial charge < -0.3 is 25.6 Å². The SMILES string of the molecule is Nc1nc(N2CCN(C(=O)Nc3ccc(OC(F)F)cc3)CC2)c2ncsc2n1. The van der Waals surface area contributed by atoms with Crippen LogP contribution in [0.25, 0.3) is 10.3 Å². The number of hydrogen-bond donors (Lipinski definition) is 2. The Morgan fingerprint density at radius 1 is 1.17 bits per heavy atom. The van der Waals surface area contributed by atoms with Gasteiger partial charge in [-0.3, -0.25) is 0 Å². The molecule has 0 spiro atoms. The van der Waals surface area contributed by atoms with Gasteiger partial charge in [0.15, 0.2) is 10.6 Å². The normalized spacial score (nSPS) is 14.4. The van der Waals surface area contributed by atoms with Crippen molar-refractivity contribution in [2.45, 2.75) is 6.61 Å². The number of nitrogens with one attached hydrogen (secondary N) is 1. The standard InChI is InChI=1S/C17H17F2N7O2S/c18-15(19)28-11-3-1-10(2-4-11)22-17(27)26-7-5-25(6-8-26)13-12-14(29-9-21-12)24-16(20)23-13/h1-4,9,15H,5-8H2,(H,22,27)(H2,20,23,24). The van der Waals surface area contributed by atoms with Gasteiger partial charge in [0.1, 0.15) is 11.3 Å². The number of ether oxygens (including phenoxy) is 1. The van der Waals surface area contributed by atoms with Crippen LogP contribution in [0.15, 0.2) is 29.8 Å². The van der Waals surface area contributed by atoms with Crippen molar-refractivity contribution in [2.24, 2.45) is 0 Å². The number of halogens is 2. The number of nitrogens with zero attached hydrogens (tertiary/aromatic N) is 5. The zero-order chi connectivity index (χ0) is 20.4. The van der Waals surface area contributed by atoms with Gasteiger partial charge >= 0.3 is 12.6 Å². The molecule has 1 fully saturated rings. The van der Waals surface area contributed by atoms with Crippen molar-refractivity contribution in [2.75, 3.05) is 42.1 Å². The Bertz CT molecular complexity index is 1010. The molecule has 0 unspecified atom stereocenters. The highest BCUT2D eigenvalue weighted by atomic mass is 32.1. The minimum absolute atomic E-state index is 0.0316. The number of rotatable bonds is 4. The Morgan fingerprint density at radius 2 is 1.90 bits per heavy atom. The average molecular weight is 421 g/mol.